The van der Waals surface area contributed by atoms with Crippen LogP contribution in [0.15, 0.2) is 21.7 Å². The number of H-pyrrole nitrogens is 1. The third-order valence-electron chi connectivity index (χ3n) is 3.34. The normalized spacial score (nSPS) is 17.6. The SMILES string of the molecule is O=C(O)C1CCc2cc(Cl)cc3[nH]c(=O)c(=O)n1c23. The van der Waals surface area contributed by atoms with Crippen LogP contribution in [0.5, 0.6) is 0 Å². The number of nitrogens with one attached hydrogen (secondary N) is 1. The number of carboxylic acids is 1. The number of aliphatic carboxylic acids is 1. The Labute approximate surface area is 111 Å². The minimum absolute atomic E-state index is 0.265. The molecule has 6 nitrogen and oxygen atoms in total. The average Bonchev–Trinajstić information content (AvgIpc) is 2.34. The summed E-state index contributed by atoms with van der Waals surface area (Å²) in [5.74, 6) is -1.12. The van der Waals surface area contributed by atoms with Gasteiger partial charge in [-0.05, 0) is 30.5 Å². The number of benzene rings is 1. The van der Waals surface area contributed by atoms with E-state index in [1.165, 1.54) is 6.07 Å². The van der Waals surface area contributed by atoms with Crippen molar-refractivity contribution in [3.63, 3.8) is 0 Å². The van der Waals surface area contributed by atoms with Crippen molar-refractivity contribution in [3.05, 3.63) is 43.4 Å². The van der Waals surface area contributed by atoms with Crippen LogP contribution in [0.2, 0.25) is 5.02 Å². The summed E-state index contributed by atoms with van der Waals surface area (Å²) < 4.78 is 1.06. The minimum atomic E-state index is -1.12. The molecule has 2 N–H and O–H groups in total. The zero-order valence-electron chi connectivity index (χ0n) is 9.64. The first-order chi connectivity index (χ1) is 8.99. The van der Waals surface area contributed by atoms with Gasteiger partial charge in [-0.1, -0.05) is 11.6 Å². The molecule has 0 saturated carbocycles. The maximum atomic E-state index is 11.9. The molecule has 1 aromatic carbocycles. The van der Waals surface area contributed by atoms with Crippen LogP contribution in [0.1, 0.15) is 18.0 Å². The number of aryl methyl sites for hydroxylation is 1. The van der Waals surface area contributed by atoms with Gasteiger partial charge in [0.05, 0.1) is 11.0 Å². The standard InChI is InChI=1S/C12H9ClN2O4/c13-6-3-5-1-2-8(12(18)19)15-9(5)7(4-6)14-10(16)11(15)17/h3-4,8H,1-2H2,(H,14,16)(H,18,19). The van der Waals surface area contributed by atoms with Crippen molar-refractivity contribution in [1.82, 2.24) is 9.55 Å². The Morgan fingerprint density at radius 1 is 1.42 bits per heavy atom. The molecule has 2 heterocycles. The highest BCUT2D eigenvalue weighted by atomic mass is 35.5. The van der Waals surface area contributed by atoms with Gasteiger partial charge in [-0.3, -0.25) is 14.2 Å². The lowest BCUT2D eigenvalue weighted by atomic mass is 9.98. The maximum absolute atomic E-state index is 11.9. The van der Waals surface area contributed by atoms with E-state index in [1.807, 2.05) is 0 Å². The summed E-state index contributed by atoms with van der Waals surface area (Å²) in [6.45, 7) is 0. The summed E-state index contributed by atoms with van der Waals surface area (Å²) >= 11 is 5.94. The summed E-state index contributed by atoms with van der Waals surface area (Å²) in [7, 11) is 0. The molecule has 7 heteroatoms. The molecule has 0 spiro atoms. The second kappa shape index (κ2) is 3.96. The smallest absolute Gasteiger partial charge is 0.326 e. The first kappa shape index (κ1) is 12.0. The van der Waals surface area contributed by atoms with Crippen LogP contribution in [-0.4, -0.2) is 20.6 Å². The fourth-order valence-electron chi connectivity index (χ4n) is 2.57. The molecule has 98 valence electrons. The van der Waals surface area contributed by atoms with Crippen molar-refractivity contribution in [3.8, 4) is 0 Å². The van der Waals surface area contributed by atoms with E-state index in [1.54, 1.807) is 6.07 Å². The first-order valence-corrected chi connectivity index (χ1v) is 6.06. The number of rotatable bonds is 1. The summed E-state index contributed by atoms with van der Waals surface area (Å²) in [5.41, 5.74) is -0.0731. The van der Waals surface area contributed by atoms with Gasteiger partial charge in [-0.15, -0.1) is 0 Å². The molecule has 0 amide bonds. The van der Waals surface area contributed by atoms with Gasteiger partial charge in [-0.2, -0.15) is 0 Å². The van der Waals surface area contributed by atoms with Crippen molar-refractivity contribution >= 4 is 28.6 Å². The van der Waals surface area contributed by atoms with Gasteiger partial charge in [0.15, 0.2) is 0 Å². The minimum Gasteiger partial charge on any atom is -0.480 e. The molecule has 0 aliphatic carbocycles. The van der Waals surface area contributed by atoms with Crippen molar-refractivity contribution in [2.75, 3.05) is 0 Å². The quantitative estimate of drug-likeness (QED) is 0.760. The predicted octanol–water partition coefficient (Wildman–Crippen LogP) is 0.915. The van der Waals surface area contributed by atoms with Gasteiger partial charge in [0, 0.05) is 5.02 Å². The molecule has 0 radical (unpaired) electrons. The van der Waals surface area contributed by atoms with E-state index in [-0.39, 0.29) is 6.42 Å². The van der Waals surface area contributed by atoms with E-state index in [2.05, 4.69) is 4.98 Å². The molecule has 0 fully saturated rings. The van der Waals surface area contributed by atoms with Crippen LogP contribution in [0.25, 0.3) is 11.0 Å². The Hall–Kier alpha value is -2.08. The zero-order chi connectivity index (χ0) is 13.7. The lowest BCUT2D eigenvalue weighted by molar-refractivity contribution is -0.141. The van der Waals surface area contributed by atoms with Gasteiger partial charge in [0.1, 0.15) is 6.04 Å². The highest BCUT2D eigenvalue weighted by molar-refractivity contribution is 6.31. The molecule has 2 aromatic rings. The topological polar surface area (TPSA) is 92.2 Å². The van der Waals surface area contributed by atoms with Gasteiger partial charge < -0.3 is 10.1 Å². The van der Waals surface area contributed by atoms with E-state index in [9.17, 15) is 19.5 Å². The van der Waals surface area contributed by atoms with Gasteiger partial charge in [0.2, 0.25) is 0 Å². The second-order valence-corrected chi connectivity index (χ2v) is 4.92. The molecule has 1 aliphatic heterocycles. The molecular formula is C12H9ClN2O4. The van der Waals surface area contributed by atoms with E-state index in [0.717, 1.165) is 10.1 Å². The van der Waals surface area contributed by atoms with Crippen LogP contribution in [0.3, 0.4) is 0 Å². The van der Waals surface area contributed by atoms with Crippen LogP contribution in [0.4, 0.5) is 0 Å². The third-order valence-corrected chi connectivity index (χ3v) is 3.56. The largest absolute Gasteiger partial charge is 0.480 e. The fourth-order valence-corrected chi connectivity index (χ4v) is 2.81. The zero-order valence-corrected chi connectivity index (χ0v) is 10.4. The van der Waals surface area contributed by atoms with Crippen LogP contribution in [-0.2, 0) is 11.2 Å². The van der Waals surface area contributed by atoms with Crippen LogP contribution in [0, 0.1) is 0 Å². The average molecular weight is 281 g/mol. The number of hydrogen-bond acceptors (Lipinski definition) is 3. The third kappa shape index (κ3) is 1.67. The molecular weight excluding hydrogens is 272 g/mol. The monoisotopic (exact) mass is 280 g/mol. The number of carbonyl (C=O) groups is 1. The molecule has 19 heavy (non-hydrogen) atoms. The maximum Gasteiger partial charge on any atom is 0.326 e. The number of aromatic amines is 1. The lowest BCUT2D eigenvalue weighted by Gasteiger charge is -2.24. The summed E-state index contributed by atoms with van der Waals surface area (Å²) in [6, 6.07) is 2.20. The lowest BCUT2D eigenvalue weighted by Crippen LogP contribution is -2.42. The summed E-state index contributed by atoms with van der Waals surface area (Å²) in [6.07, 6.45) is 0.765. The number of hydrogen-bond donors (Lipinski definition) is 2. The fraction of sp³-hybridized carbons (Fsp3) is 0.250. The van der Waals surface area contributed by atoms with Gasteiger partial charge >= 0.3 is 17.1 Å². The highest BCUT2D eigenvalue weighted by Gasteiger charge is 2.29. The van der Waals surface area contributed by atoms with Crippen LogP contribution >= 0.6 is 11.6 Å². The van der Waals surface area contributed by atoms with Gasteiger partial charge in [0.25, 0.3) is 0 Å². The van der Waals surface area contributed by atoms with E-state index >= 15 is 0 Å². The Balaban J connectivity index is 2.54. The molecule has 1 aliphatic rings. The summed E-state index contributed by atoms with van der Waals surface area (Å²) in [5, 5.41) is 9.63. The Morgan fingerprint density at radius 3 is 2.84 bits per heavy atom. The summed E-state index contributed by atoms with van der Waals surface area (Å²) in [4.78, 5) is 37.2. The Morgan fingerprint density at radius 2 is 2.16 bits per heavy atom. The Bertz CT molecular complexity index is 821. The van der Waals surface area contributed by atoms with E-state index in [4.69, 9.17) is 11.6 Å². The molecule has 0 bridgehead atoms. The van der Waals surface area contributed by atoms with Crippen molar-refractivity contribution in [2.24, 2.45) is 0 Å². The molecule has 3 rings (SSSR count). The van der Waals surface area contributed by atoms with E-state index in [0.29, 0.717) is 22.5 Å². The number of halogens is 1. The number of aromatic nitrogens is 2. The van der Waals surface area contributed by atoms with Crippen molar-refractivity contribution in [2.45, 2.75) is 18.9 Å². The first-order valence-electron chi connectivity index (χ1n) is 5.69. The van der Waals surface area contributed by atoms with Crippen molar-refractivity contribution < 1.29 is 9.90 Å². The molecule has 1 unspecified atom stereocenters. The highest BCUT2D eigenvalue weighted by Crippen LogP contribution is 2.30. The van der Waals surface area contributed by atoms with E-state index < -0.39 is 23.1 Å². The van der Waals surface area contributed by atoms with Crippen molar-refractivity contribution in [1.29, 1.82) is 0 Å². The molecule has 0 saturated heterocycles. The van der Waals surface area contributed by atoms with Crippen LogP contribution < -0.4 is 11.1 Å². The predicted molar refractivity (Wildman–Crippen MR) is 68.8 cm³/mol. The molecule has 1 atom stereocenters. The van der Waals surface area contributed by atoms with Gasteiger partial charge in [-0.25, -0.2) is 4.79 Å². The number of carboxylic acid groups (broad SMARTS) is 1. The molecule has 1 aromatic heterocycles. The second-order valence-electron chi connectivity index (χ2n) is 4.48. The number of nitrogens with zero attached hydrogens (tertiary/aromatic N) is 1. The Kier molecular flexibility index (Phi) is 2.50.